The Morgan fingerprint density at radius 1 is 0.875 bits per heavy atom. The van der Waals surface area contributed by atoms with Gasteiger partial charge in [-0.05, 0) is 59.7 Å². The maximum absolute atomic E-state index is 12.6. The Balaban J connectivity index is 1.82. The van der Waals surface area contributed by atoms with Gasteiger partial charge in [-0.15, -0.1) is 13.2 Å². The number of fused-ring (bicyclic) bond motifs is 1. The molecule has 0 aliphatic carbocycles. The number of carboxylic acids is 1. The van der Waals surface area contributed by atoms with Crippen LogP contribution in [0.2, 0.25) is 0 Å². The van der Waals surface area contributed by atoms with Gasteiger partial charge < -0.3 is 14.6 Å². The summed E-state index contributed by atoms with van der Waals surface area (Å²) in [5, 5.41) is 10.1. The van der Waals surface area contributed by atoms with E-state index in [9.17, 15) is 23.1 Å². The summed E-state index contributed by atoms with van der Waals surface area (Å²) in [6.07, 6.45) is -4.80. The maximum Gasteiger partial charge on any atom is 0.573 e. The second-order valence-electron chi connectivity index (χ2n) is 6.90. The zero-order chi connectivity index (χ0) is 22.9. The second kappa shape index (κ2) is 8.22. The number of carbonyl (C=O) groups is 1. The molecule has 4 rings (SSSR count). The van der Waals surface area contributed by atoms with E-state index in [1.807, 2.05) is 0 Å². The normalized spacial score (nSPS) is 11.4. The lowest BCUT2D eigenvalue weighted by molar-refractivity contribution is -0.274. The molecule has 1 heterocycles. The highest BCUT2D eigenvalue weighted by Gasteiger charge is 2.31. The molecule has 0 saturated carbocycles. The van der Waals surface area contributed by atoms with Crippen LogP contribution in [-0.4, -0.2) is 29.5 Å². The fourth-order valence-electron chi connectivity index (χ4n) is 3.37. The van der Waals surface area contributed by atoms with Gasteiger partial charge in [-0.2, -0.15) is 0 Å². The van der Waals surface area contributed by atoms with Crippen molar-refractivity contribution in [3.05, 3.63) is 78.4 Å². The Hall–Kier alpha value is -4.07. The first-order chi connectivity index (χ1) is 15.2. The standard InChI is InChI=1S/C24H16F3NO4/c1-31-17-8-5-14(6-9-17)21-13-20(23(29)30)19-10-7-16(12-22(19)28-21)15-3-2-4-18(11-15)32-24(25,26)27/h2-13H,1H3,(H,29,30). The van der Waals surface area contributed by atoms with Crippen molar-refractivity contribution >= 4 is 16.9 Å². The van der Waals surface area contributed by atoms with Gasteiger partial charge in [-0.1, -0.05) is 24.3 Å². The smallest absolute Gasteiger partial charge is 0.497 e. The van der Waals surface area contributed by atoms with Crippen molar-refractivity contribution in [2.45, 2.75) is 6.36 Å². The molecule has 32 heavy (non-hydrogen) atoms. The molecule has 0 fully saturated rings. The summed E-state index contributed by atoms with van der Waals surface area (Å²) in [5.41, 5.74) is 2.66. The quantitative estimate of drug-likeness (QED) is 0.403. The first-order valence-electron chi connectivity index (χ1n) is 9.42. The van der Waals surface area contributed by atoms with Crippen LogP contribution in [0.1, 0.15) is 10.4 Å². The van der Waals surface area contributed by atoms with E-state index in [4.69, 9.17) is 4.74 Å². The number of aromatic nitrogens is 1. The molecule has 0 radical (unpaired) electrons. The van der Waals surface area contributed by atoms with Crippen LogP contribution in [0, 0.1) is 0 Å². The molecule has 0 aliphatic rings. The molecule has 0 saturated heterocycles. The van der Waals surface area contributed by atoms with Crippen molar-refractivity contribution in [2.24, 2.45) is 0 Å². The topological polar surface area (TPSA) is 68.7 Å². The van der Waals surface area contributed by atoms with Crippen LogP contribution in [-0.2, 0) is 0 Å². The van der Waals surface area contributed by atoms with Crippen LogP contribution in [0.15, 0.2) is 72.8 Å². The van der Waals surface area contributed by atoms with E-state index in [0.29, 0.717) is 39.0 Å². The Kier molecular flexibility index (Phi) is 5.44. The molecule has 0 bridgehead atoms. The van der Waals surface area contributed by atoms with Gasteiger partial charge in [0, 0.05) is 10.9 Å². The number of aromatic carboxylic acids is 1. The minimum Gasteiger partial charge on any atom is -0.497 e. The molecule has 0 aliphatic heterocycles. The molecule has 4 aromatic rings. The number of pyridine rings is 1. The summed E-state index contributed by atoms with van der Waals surface area (Å²) in [7, 11) is 1.54. The maximum atomic E-state index is 12.6. The number of hydrogen-bond acceptors (Lipinski definition) is 4. The third-order valence-electron chi connectivity index (χ3n) is 4.83. The van der Waals surface area contributed by atoms with Gasteiger partial charge in [0.2, 0.25) is 0 Å². The second-order valence-corrected chi connectivity index (χ2v) is 6.90. The number of ether oxygens (including phenoxy) is 2. The predicted molar refractivity (Wildman–Crippen MR) is 113 cm³/mol. The van der Waals surface area contributed by atoms with Crippen LogP contribution in [0.5, 0.6) is 11.5 Å². The highest BCUT2D eigenvalue weighted by atomic mass is 19.4. The van der Waals surface area contributed by atoms with Gasteiger partial charge in [-0.25, -0.2) is 9.78 Å². The molecule has 162 valence electrons. The van der Waals surface area contributed by atoms with E-state index in [-0.39, 0.29) is 11.3 Å². The number of alkyl halides is 3. The van der Waals surface area contributed by atoms with Gasteiger partial charge in [0.1, 0.15) is 11.5 Å². The summed E-state index contributed by atoms with van der Waals surface area (Å²) in [4.78, 5) is 16.5. The molecule has 1 N–H and O–H groups in total. The molecule has 5 nitrogen and oxygen atoms in total. The van der Waals surface area contributed by atoms with Gasteiger partial charge in [0.25, 0.3) is 0 Å². The first kappa shape index (κ1) is 21.2. The number of halogens is 3. The van der Waals surface area contributed by atoms with Crippen molar-refractivity contribution in [1.29, 1.82) is 0 Å². The van der Waals surface area contributed by atoms with Gasteiger partial charge in [0.15, 0.2) is 0 Å². The molecule has 8 heteroatoms. The van der Waals surface area contributed by atoms with Gasteiger partial charge in [-0.3, -0.25) is 0 Å². The number of nitrogens with zero attached hydrogens (tertiary/aromatic N) is 1. The molecule has 0 amide bonds. The number of benzene rings is 3. The van der Waals surface area contributed by atoms with Crippen molar-refractivity contribution in [2.75, 3.05) is 7.11 Å². The van der Waals surface area contributed by atoms with Crippen molar-refractivity contribution in [3.8, 4) is 33.9 Å². The van der Waals surface area contributed by atoms with Crippen LogP contribution in [0.25, 0.3) is 33.3 Å². The summed E-state index contributed by atoms with van der Waals surface area (Å²) in [5.74, 6) is -0.807. The molecule has 0 atom stereocenters. The average Bonchev–Trinajstić information content (AvgIpc) is 2.77. The minimum absolute atomic E-state index is 0.0709. The van der Waals surface area contributed by atoms with Crippen LogP contribution >= 0.6 is 0 Å². The highest BCUT2D eigenvalue weighted by molar-refractivity contribution is 6.04. The van der Waals surface area contributed by atoms with Crippen LogP contribution in [0.3, 0.4) is 0 Å². The molecule has 0 unspecified atom stereocenters. The predicted octanol–water partition coefficient (Wildman–Crippen LogP) is 6.17. The Bertz CT molecular complexity index is 1300. The fraction of sp³-hybridized carbons (Fsp3) is 0.0833. The first-order valence-corrected chi connectivity index (χ1v) is 9.42. The zero-order valence-corrected chi connectivity index (χ0v) is 16.7. The Morgan fingerprint density at radius 3 is 2.22 bits per heavy atom. The summed E-state index contributed by atoms with van der Waals surface area (Å²) < 4.78 is 46.8. The van der Waals surface area contributed by atoms with E-state index in [0.717, 1.165) is 0 Å². The minimum atomic E-state index is -4.80. The highest BCUT2D eigenvalue weighted by Crippen LogP contribution is 2.32. The lowest BCUT2D eigenvalue weighted by Crippen LogP contribution is -2.17. The Morgan fingerprint density at radius 2 is 1.56 bits per heavy atom. The summed E-state index contributed by atoms with van der Waals surface area (Å²) >= 11 is 0. The SMILES string of the molecule is COc1ccc(-c2cc(C(=O)O)c3ccc(-c4cccc(OC(F)(F)F)c4)cc3n2)cc1. The zero-order valence-electron chi connectivity index (χ0n) is 16.7. The number of hydrogen-bond donors (Lipinski definition) is 1. The molecule has 0 spiro atoms. The van der Waals surface area contributed by atoms with Crippen molar-refractivity contribution in [1.82, 2.24) is 4.98 Å². The third-order valence-corrected chi connectivity index (χ3v) is 4.83. The van der Waals surface area contributed by atoms with Gasteiger partial charge in [0.05, 0.1) is 23.9 Å². The lowest BCUT2D eigenvalue weighted by atomic mass is 9.99. The number of rotatable bonds is 5. The summed E-state index contributed by atoms with van der Waals surface area (Å²) in [6, 6.07) is 18.9. The lowest BCUT2D eigenvalue weighted by Gasteiger charge is -2.12. The van der Waals surface area contributed by atoms with E-state index >= 15 is 0 Å². The molecule has 1 aromatic heterocycles. The fourth-order valence-corrected chi connectivity index (χ4v) is 3.37. The van der Waals surface area contributed by atoms with E-state index in [1.54, 1.807) is 55.6 Å². The average molecular weight is 439 g/mol. The van der Waals surface area contributed by atoms with E-state index in [2.05, 4.69) is 9.72 Å². The number of methoxy groups -OCH3 is 1. The third kappa shape index (κ3) is 4.49. The van der Waals surface area contributed by atoms with Gasteiger partial charge >= 0.3 is 12.3 Å². The number of carboxylic acid groups (broad SMARTS) is 1. The van der Waals surface area contributed by atoms with Crippen molar-refractivity contribution < 1.29 is 32.5 Å². The van der Waals surface area contributed by atoms with E-state index in [1.165, 1.54) is 24.3 Å². The Labute approximate surface area is 180 Å². The molecular formula is C24H16F3NO4. The van der Waals surface area contributed by atoms with Crippen molar-refractivity contribution in [3.63, 3.8) is 0 Å². The largest absolute Gasteiger partial charge is 0.573 e. The van der Waals surface area contributed by atoms with E-state index < -0.39 is 12.3 Å². The van der Waals surface area contributed by atoms with Crippen LogP contribution < -0.4 is 9.47 Å². The van der Waals surface area contributed by atoms with Crippen LogP contribution in [0.4, 0.5) is 13.2 Å². The molecular weight excluding hydrogens is 423 g/mol. The monoisotopic (exact) mass is 439 g/mol. The molecule has 3 aromatic carbocycles. The summed E-state index contributed by atoms with van der Waals surface area (Å²) in [6.45, 7) is 0.